The van der Waals surface area contributed by atoms with E-state index in [2.05, 4.69) is 6.92 Å². The van der Waals surface area contributed by atoms with Gasteiger partial charge in [-0.15, -0.1) is 0 Å². The van der Waals surface area contributed by atoms with Gasteiger partial charge in [0.1, 0.15) is 0 Å². The second kappa shape index (κ2) is 8.77. The van der Waals surface area contributed by atoms with Crippen molar-refractivity contribution in [2.24, 2.45) is 0 Å². The maximum atomic E-state index is 10.7. The van der Waals surface area contributed by atoms with Gasteiger partial charge in [0, 0.05) is 30.7 Å². The first kappa shape index (κ1) is 15.8. The van der Waals surface area contributed by atoms with E-state index in [4.69, 9.17) is 21.1 Å². The van der Waals surface area contributed by atoms with Crippen LogP contribution in [0.1, 0.15) is 36.5 Å². The zero-order chi connectivity index (χ0) is 14.1. The summed E-state index contributed by atoms with van der Waals surface area (Å²) in [5.41, 5.74) is 0.127. The van der Waals surface area contributed by atoms with E-state index in [0.717, 1.165) is 19.4 Å². The summed E-state index contributed by atoms with van der Waals surface area (Å²) in [6.45, 7) is 3.88. The number of phenols is 1. The van der Waals surface area contributed by atoms with E-state index in [9.17, 15) is 9.90 Å². The number of halogens is 1. The van der Waals surface area contributed by atoms with Crippen molar-refractivity contribution in [1.82, 2.24) is 0 Å². The zero-order valence-electron chi connectivity index (χ0n) is 11.0. The number of aromatic hydroxyl groups is 1. The molecule has 19 heavy (non-hydrogen) atoms. The fourth-order valence-electron chi connectivity index (χ4n) is 1.49. The molecule has 0 aliphatic rings. The van der Waals surface area contributed by atoms with E-state index in [1.165, 1.54) is 12.1 Å². The predicted molar refractivity (Wildman–Crippen MR) is 74.3 cm³/mol. The van der Waals surface area contributed by atoms with Crippen LogP contribution in [-0.2, 0) is 4.74 Å². The molecule has 0 bridgehead atoms. The van der Waals surface area contributed by atoms with Crippen molar-refractivity contribution < 1.29 is 19.4 Å². The van der Waals surface area contributed by atoms with Gasteiger partial charge in [0.25, 0.3) is 0 Å². The lowest BCUT2D eigenvalue weighted by Crippen LogP contribution is -2.04. The first-order valence-electron chi connectivity index (χ1n) is 6.37. The number of carbonyl (C=O) groups is 1. The molecule has 0 heterocycles. The summed E-state index contributed by atoms with van der Waals surface area (Å²) in [4.78, 5) is 10.7. The molecule has 1 aromatic rings. The molecular weight excluding hydrogens is 268 g/mol. The molecule has 0 fully saturated rings. The Balaban J connectivity index is 2.37. The van der Waals surface area contributed by atoms with Crippen molar-refractivity contribution in [1.29, 1.82) is 0 Å². The molecule has 0 amide bonds. The van der Waals surface area contributed by atoms with Crippen LogP contribution in [0.5, 0.6) is 11.5 Å². The van der Waals surface area contributed by atoms with E-state index in [1.807, 2.05) is 0 Å². The molecule has 106 valence electrons. The molecule has 0 radical (unpaired) electrons. The molecule has 5 heteroatoms. The number of rotatable bonds is 9. The number of phenolic OH excluding ortho intramolecular Hbond substituents is 1. The van der Waals surface area contributed by atoms with Crippen LogP contribution >= 0.6 is 11.6 Å². The standard InChI is InChI=1S/C14H19ClO4/c1-2-3-5-18-6-4-7-19-13-9-12(15)8-11(10-16)14(13)17/h8-10,17H,2-7H2,1H3. The van der Waals surface area contributed by atoms with Gasteiger partial charge < -0.3 is 14.6 Å². The minimum atomic E-state index is -0.175. The largest absolute Gasteiger partial charge is 0.504 e. The van der Waals surface area contributed by atoms with E-state index >= 15 is 0 Å². The number of unbranched alkanes of at least 4 members (excludes halogenated alkanes) is 1. The van der Waals surface area contributed by atoms with E-state index in [-0.39, 0.29) is 17.1 Å². The van der Waals surface area contributed by atoms with Gasteiger partial charge in [-0.25, -0.2) is 0 Å². The van der Waals surface area contributed by atoms with Crippen molar-refractivity contribution in [2.45, 2.75) is 26.2 Å². The van der Waals surface area contributed by atoms with Crippen molar-refractivity contribution in [2.75, 3.05) is 19.8 Å². The SMILES string of the molecule is CCCCOCCCOc1cc(Cl)cc(C=O)c1O. The van der Waals surface area contributed by atoms with Crippen LogP contribution in [0.15, 0.2) is 12.1 Å². The highest BCUT2D eigenvalue weighted by molar-refractivity contribution is 6.31. The summed E-state index contributed by atoms with van der Waals surface area (Å²) in [6.07, 6.45) is 3.42. The Morgan fingerprint density at radius 3 is 2.68 bits per heavy atom. The zero-order valence-corrected chi connectivity index (χ0v) is 11.8. The fourth-order valence-corrected chi connectivity index (χ4v) is 1.70. The molecule has 0 spiro atoms. The Morgan fingerprint density at radius 1 is 1.26 bits per heavy atom. The van der Waals surface area contributed by atoms with E-state index < -0.39 is 0 Å². The maximum Gasteiger partial charge on any atom is 0.168 e. The summed E-state index contributed by atoms with van der Waals surface area (Å²) >= 11 is 5.82. The molecule has 0 saturated heterocycles. The molecular formula is C14H19ClO4. The van der Waals surface area contributed by atoms with Gasteiger partial charge >= 0.3 is 0 Å². The van der Waals surface area contributed by atoms with Crippen molar-refractivity contribution in [3.8, 4) is 11.5 Å². The third-order valence-electron chi connectivity index (χ3n) is 2.53. The topological polar surface area (TPSA) is 55.8 Å². The molecule has 0 aromatic heterocycles. The van der Waals surface area contributed by atoms with Crippen molar-refractivity contribution in [3.05, 3.63) is 22.7 Å². The van der Waals surface area contributed by atoms with Gasteiger partial charge in [-0.3, -0.25) is 4.79 Å². The number of benzene rings is 1. The highest BCUT2D eigenvalue weighted by atomic mass is 35.5. The predicted octanol–water partition coefficient (Wildman–Crippen LogP) is 3.44. The van der Waals surface area contributed by atoms with Crippen molar-refractivity contribution >= 4 is 17.9 Å². The van der Waals surface area contributed by atoms with Gasteiger partial charge in [0.2, 0.25) is 0 Å². The summed E-state index contributed by atoms with van der Waals surface area (Å²) in [6, 6.07) is 2.88. The summed E-state index contributed by atoms with van der Waals surface area (Å²) in [5, 5.41) is 10.1. The summed E-state index contributed by atoms with van der Waals surface area (Å²) in [7, 11) is 0. The van der Waals surface area contributed by atoms with Gasteiger partial charge in [-0.05, 0) is 12.5 Å². The van der Waals surface area contributed by atoms with E-state index in [0.29, 0.717) is 30.9 Å². The Morgan fingerprint density at radius 2 is 2.00 bits per heavy atom. The molecule has 4 nitrogen and oxygen atoms in total. The molecule has 0 atom stereocenters. The van der Waals surface area contributed by atoms with Crippen LogP contribution < -0.4 is 4.74 Å². The van der Waals surface area contributed by atoms with Crippen molar-refractivity contribution in [3.63, 3.8) is 0 Å². The van der Waals surface area contributed by atoms with Crippen LogP contribution in [0.2, 0.25) is 5.02 Å². The van der Waals surface area contributed by atoms with Crippen LogP contribution in [0, 0.1) is 0 Å². The Kier molecular flexibility index (Phi) is 7.30. The quantitative estimate of drug-likeness (QED) is 0.558. The number of ether oxygens (including phenoxy) is 2. The second-order valence-corrected chi connectivity index (χ2v) is 4.56. The maximum absolute atomic E-state index is 10.7. The first-order valence-corrected chi connectivity index (χ1v) is 6.75. The normalized spacial score (nSPS) is 10.4. The number of carbonyl (C=O) groups excluding carboxylic acids is 1. The second-order valence-electron chi connectivity index (χ2n) is 4.13. The van der Waals surface area contributed by atoms with Gasteiger partial charge in [-0.1, -0.05) is 24.9 Å². The first-order chi connectivity index (χ1) is 9.19. The van der Waals surface area contributed by atoms with Gasteiger partial charge in [-0.2, -0.15) is 0 Å². The lowest BCUT2D eigenvalue weighted by molar-refractivity contribution is 0.111. The lowest BCUT2D eigenvalue weighted by Gasteiger charge is -2.10. The number of aldehydes is 1. The highest BCUT2D eigenvalue weighted by Gasteiger charge is 2.09. The molecule has 1 N–H and O–H groups in total. The van der Waals surface area contributed by atoms with Crippen LogP contribution in [-0.4, -0.2) is 31.2 Å². The molecule has 1 rings (SSSR count). The van der Waals surface area contributed by atoms with Crippen LogP contribution in [0.4, 0.5) is 0 Å². The highest BCUT2D eigenvalue weighted by Crippen LogP contribution is 2.32. The average molecular weight is 287 g/mol. The third kappa shape index (κ3) is 5.49. The average Bonchev–Trinajstić information content (AvgIpc) is 2.41. The lowest BCUT2D eigenvalue weighted by atomic mass is 10.2. The Hall–Kier alpha value is -1.26. The number of hydrogen-bond acceptors (Lipinski definition) is 4. The van der Waals surface area contributed by atoms with Crippen LogP contribution in [0.25, 0.3) is 0 Å². The van der Waals surface area contributed by atoms with Crippen LogP contribution in [0.3, 0.4) is 0 Å². The monoisotopic (exact) mass is 286 g/mol. The third-order valence-corrected chi connectivity index (χ3v) is 2.75. The molecule has 0 aliphatic heterocycles. The number of hydrogen-bond donors (Lipinski definition) is 1. The summed E-state index contributed by atoms with van der Waals surface area (Å²) < 4.78 is 10.8. The summed E-state index contributed by atoms with van der Waals surface area (Å²) in [5.74, 6) is 0.0504. The smallest absolute Gasteiger partial charge is 0.168 e. The molecule has 1 aromatic carbocycles. The molecule has 0 aliphatic carbocycles. The minimum absolute atomic E-state index is 0.127. The Bertz CT molecular complexity index is 407. The molecule has 0 saturated carbocycles. The fraction of sp³-hybridized carbons (Fsp3) is 0.500. The Labute approximate surface area is 118 Å². The van der Waals surface area contributed by atoms with E-state index in [1.54, 1.807) is 0 Å². The molecule has 0 unspecified atom stereocenters. The van der Waals surface area contributed by atoms with Gasteiger partial charge in [0.05, 0.1) is 12.2 Å². The van der Waals surface area contributed by atoms with Gasteiger partial charge in [0.15, 0.2) is 17.8 Å². The minimum Gasteiger partial charge on any atom is -0.504 e.